The number of hydrogen-bond acceptors (Lipinski definition) is 2. The summed E-state index contributed by atoms with van der Waals surface area (Å²) in [7, 11) is 0. The monoisotopic (exact) mass is 229 g/mol. The molecule has 0 aliphatic heterocycles. The summed E-state index contributed by atoms with van der Waals surface area (Å²) < 4.78 is 5.90. The highest BCUT2D eigenvalue weighted by atomic mass is 16.5. The first kappa shape index (κ1) is 15.9. The molecule has 0 aromatic carbocycles. The highest BCUT2D eigenvalue weighted by molar-refractivity contribution is 4.81. The minimum atomic E-state index is 0.386. The molecule has 2 nitrogen and oxygen atoms in total. The zero-order chi connectivity index (χ0) is 12.4. The summed E-state index contributed by atoms with van der Waals surface area (Å²) in [5.74, 6) is 0.689. The van der Waals surface area contributed by atoms with Gasteiger partial charge >= 0.3 is 0 Å². The van der Waals surface area contributed by atoms with E-state index in [1.165, 1.54) is 25.7 Å². The summed E-state index contributed by atoms with van der Waals surface area (Å²) >= 11 is 0. The first-order chi connectivity index (χ1) is 7.71. The second-order valence-corrected chi connectivity index (χ2v) is 4.65. The Hall–Kier alpha value is -0.0800. The average molecular weight is 229 g/mol. The van der Waals surface area contributed by atoms with Crippen LogP contribution in [0.3, 0.4) is 0 Å². The molecule has 0 saturated carbocycles. The molecule has 0 rings (SSSR count). The summed E-state index contributed by atoms with van der Waals surface area (Å²) in [5, 5.41) is 3.66. The van der Waals surface area contributed by atoms with Crippen LogP contribution < -0.4 is 5.32 Å². The Kier molecular flexibility index (Phi) is 10.0. The minimum Gasteiger partial charge on any atom is -0.377 e. The van der Waals surface area contributed by atoms with Gasteiger partial charge < -0.3 is 10.1 Å². The first-order valence-corrected chi connectivity index (χ1v) is 7.06. The molecule has 16 heavy (non-hydrogen) atoms. The van der Waals surface area contributed by atoms with E-state index in [4.69, 9.17) is 4.74 Å². The zero-order valence-electron chi connectivity index (χ0n) is 11.9. The van der Waals surface area contributed by atoms with Crippen LogP contribution in [0.4, 0.5) is 0 Å². The van der Waals surface area contributed by atoms with E-state index in [-0.39, 0.29) is 0 Å². The molecule has 98 valence electrons. The molecule has 0 bridgehead atoms. The Morgan fingerprint density at radius 3 is 2.19 bits per heavy atom. The van der Waals surface area contributed by atoms with Crippen molar-refractivity contribution in [3.05, 3.63) is 0 Å². The minimum absolute atomic E-state index is 0.386. The summed E-state index contributed by atoms with van der Waals surface area (Å²) in [5.41, 5.74) is 0. The van der Waals surface area contributed by atoms with Crippen LogP contribution in [0, 0.1) is 5.92 Å². The Labute approximate surface area is 102 Å². The van der Waals surface area contributed by atoms with Crippen molar-refractivity contribution >= 4 is 0 Å². The third kappa shape index (κ3) is 5.86. The van der Waals surface area contributed by atoms with Gasteiger partial charge in [0.1, 0.15) is 0 Å². The maximum Gasteiger partial charge on any atom is 0.0730 e. The number of nitrogens with one attached hydrogen (secondary N) is 1. The van der Waals surface area contributed by atoms with Crippen LogP contribution in [0.5, 0.6) is 0 Å². The van der Waals surface area contributed by atoms with Crippen LogP contribution >= 0.6 is 0 Å². The SMILES string of the molecule is CCCNC(C(C)CC)C(CCC)OCC. The van der Waals surface area contributed by atoms with Crippen LogP contribution in [0.15, 0.2) is 0 Å². The molecule has 0 radical (unpaired) electrons. The second kappa shape index (κ2) is 10.1. The predicted molar refractivity (Wildman–Crippen MR) is 71.9 cm³/mol. The van der Waals surface area contributed by atoms with Crippen molar-refractivity contribution in [2.45, 2.75) is 72.4 Å². The van der Waals surface area contributed by atoms with E-state index in [9.17, 15) is 0 Å². The molecule has 2 heteroatoms. The van der Waals surface area contributed by atoms with E-state index < -0.39 is 0 Å². The summed E-state index contributed by atoms with van der Waals surface area (Å²) in [6, 6.07) is 0.518. The van der Waals surface area contributed by atoms with E-state index in [2.05, 4.69) is 39.9 Å². The summed E-state index contributed by atoms with van der Waals surface area (Å²) in [4.78, 5) is 0. The van der Waals surface area contributed by atoms with Crippen LogP contribution in [0.1, 0.15) is 60.3 Å². The van der Waals surface area contributed by atoms with E-state index in [0.29, 0.717) is 18.1 Å². The molecule has 0 aliphatic carbocycles. The van der Waals surface area contributed by atoms with Crippen molar-refractivity contribution in [1.29, 1.82) is 0 Å². The largest absolute Gasteiger partial charge is 0.377 e. The third-order valence-corrected chi connectivity index (χ3v) is 3.24. The van der Waals surface area contributed by atoms with Crippen molar-refractivity contribution in [1.82, 2.24) is 5.32 Å². The van der Waals surface area contributed by atoms with Crippen molar-refractivity contribution in [3.8, 4) is 0 Å². The van der Waals surface area contributed by atoms with E-state index in [1.807, 2.05) is 0 Å². The van der Waals surface area contributed by atoms with Gasteiger partial charge in [0, 0.05) is 12.6 Å². The van der Waals surface area contributed by atoms with Gasteiger partial charge in [-0.05, 0) is 32.2 Å². The highest BCUT2D eigenvalue weighted by Gasteiger charge is 2.24. The van der Waals surface area contributed by atoms with Crippen LogP contribution in [0.2, 0.25) is 0 Å². The topological polar surface area (TPSA) is 21.3 Å². The van der Waals surface area contributed by atoms with Crippen LogP contribution in [-0.2, 0) is 4.74 Å². The van der Waals surface area contributed by atoms with Gasteiger partial charge in [-0.2, -0.15) is 0 Å². The summed E-state index contributed by atoms with van der Waals surface area (Å²) in [6.07, 6.45) is 5.16. The van der Waals surface area contributed by atoms with E-state index in [0.717, 1.165) is 13.2 Å². The second-order valence-electron chi connectivity index (χ2n) is 4.65. The van der Waals surface area contributed by atoms with Crippen molar-refractivity contribution in [3.63, 3.8) is 0 Å². The standard InChI is InChI=1S/C14H31NO/c1-6-10-13(16-9-4)14(12(5)8-3)15-11-7-2/h12-15H,6-11H2,1-5H3. The maximum absolute atomic E-state index is 5.90. The molecule has 0 saturated heterocycles. The van der Waals surface area contributed by atoms with Crippen LogP contribution in [0.25, 0.3) is 0 Å². The van der Waals surface area contributed by atoms with Gasteiger partial charge in [0.05, 0.1) is 6.10 Å². The molecule has 0 spiro atoms. The van der Waals surface area contributed by atoms with E-state index >= 15 is 0 Å². The Morgan fingerprint density at radius 2 is 1.75 bits per heavy atom. The van der Waals surface area contributed by atoms with Gasteiger partial charge in [-0.3, -0.25) is 0 Å². The van der Waals surface area contributed by atoms with Gasteiger partial charge in [0.15, 0.2) is 0 Å². The smallest absolute Gasteiger partial charge is 0.0730 e. The predicted octanol–water partition coefficient (Wildman–Crippen LogP) is 3.61. The van der Waals surface area contributed by atoms with E-state index in [1.54, 1.807) is 0 Å². The lowest BCUT2D eigenvalue weighted by Crippen LogP contribution is -2.46. The lowest BCUT2D eigenvalue weighted by molar-refractivity contribution is 0.0132. The van der Waals surface area contributed by atoms with Crippen molar-refractivity contribution < 1.29 is 4.74 Å². The Balaban J connectivity index is 4.38. The zero-order valence-corrected chi connectivity index (χ0v) is 11.9. The molecule has 3 atom stereocenters. The molecule has 0 aromatic heterocycles. The van der Waals surface area contributed by atoms with Crippen molar-refractivity contribution in [2.24, 2.45) is 5.92 Å². The molecule has 1 N–H and O–H groups in total. The fourth-order valence-corrected chi connectivity index (χ4v) is 2.13. The van der Waals surface area contributed by atoms with Gasteiger partial charge in [-0.15, -0.1) is 0 Å². The molecular weight excluding hydrogens is 198 g/mol. The van der Waals surface area contributed by atoms with Gasteiger partial charge in [-0.25, -0.2) is 0 Å². The highest BCUT2D eigenvalue weighted by Crippen LogP contribution is 2.17. The van der Waals surface area contributed by atoms with Gasteiger partial charge in [-0.1, -0.05) is 40.5 Å². The summed E-state index contributed by atoms with van der Waals surface area (Å²) in [6.45, 7) is 13.1. The number of ether oxygens (including phenoxy) is 1. The lowest BCUT2D eigenvalue weighted by Gasteiger charge is -2.32. The normalized spacial score (nSPS) is 17.1. The molecule has 0 aliphatic rings. The maximum atomic E-state index is 5.90. The Bertz CT molecular complexity index is 144. The third-order valence-electron chi connectivity index (χ3n) is 3.24. The molecule has 0 aromatic rings. The fraction of sp³-hybridized carbons (Fsp3) is 1.00. The number of hydrogen-bond donors (Lipinski definition) is 1. The first-order valence-electron chi connectivity index (χ1n) is 7.06. The molecule has 0 fully saturated rings. The molecule has 3 unspecified atom stereocenters. The fourth-order valence-electron chi connectivity index (χ4n) is 2.13. The molecule has 0 heterocycles. The van der Waals surface area contributed by atoms with Gasteiger partial charge in [0.25, 0.3) is 0 Å². The average Bonchev–Trinajstić information content (AvgIpc) is 2.29. The van der Waals surface area contributed by atoms with Crippen LogP contribution in [-0.4, -0.2) is 25.3 Å². The Morgan fingerprint density at radius 1 is 1.06 bits per heavy atom. The van der Waals surface area contributed by atoms with Gasteiger partial charge in [0.2, 0.25) is 0 Å². The number of rotatable bonds is 10. The van der Waals surface area contributed by atoms with Crippen molar-refractivity contribution in [2.75, 3.05) is 13.2 Å². The molecule has 0 amide bonds. The quantitative estimate of drug-likeness (QED) is 0.618. The molecular formula is C14H31NO. The lowest BCUT2D eigenvalue weighted by atomic mass is 9.92.